The van der Waals surface area contributed by atoms with Gasteiger partial charge in [-0.1, -0.05) is 11.8 Å². The Morgan fingerprint density at radius 1 is 1.46 bits per heavy atom. The van der Waals surface area contributed by atoms with E-state index in [0.717, 1.165) is 23.8 Å². The Morgan fingerprint density at radius 3 is 2.79 bits per heavy atom. The van der Waals surface area contributed by atoms with Crippen molar-refractivity contribution in [1.82, 2.24) is 10.0 Å². The molecule has 0 saturated carbocycles. The van der Waals surface area contributed by atoms with Gasteiger partial charge in [0.2, 0.25) is 11.2 Å². The van der Waals surface area contributed by atoms with Gasteiger partial charge in [-0.2, -0.15) is 0 Å². The van der Waals surface area contributed by atoms with E-state index in [0.29, 0.717) is 0 Å². The van der Waals surface area contributed by atoms with E-state index in [1.165, 1.54) is 19.2 Å². The number of carbonyl (C=O) groups is 1. The molecule has 1 amide bonds. The highest BCUT2D eigenvalue weighted by Crippen LogP contribution is 2.34. The summed E-state index contributed by atoms with van der Waals surface area (Å²) in [6.07, 6.45) is 0.911. The molecule has 1 aromatic carbocycles. The van der Waals surface area contributed by atoms with Crippen LogP contribution in [0.3, 0.4) is 0 Å². The predicted molar refractivity (Wildman–Crippen MR) is 89.7 cm³/mol. The van der Waals surface area contributed by atoms with Gasteiger partial charge in [-0.25, -0.2) is 8.60 Å². The topological polar surface area (TPSA) is 108 Å². The van der Waals surface area contributed by atoms with Crippen molar-refractivity contribution < 1.29 is 18.5 Å². The van der Waals surface area contributed by atoms with E-state index in [1.54, 1.807) is 0 Å². The number of aromatic hydroxyl groups is 1. The van der Waals surface area contributed by atoms with E-state index in [-0.39, 0.29) is 29.5 Å². The lowest BCUT2D eigenvalue weighted by molar-refractivity contribution is -0.117. The van der Waals surface area contributed by atoms with Crippen LogP contribution in [0.1, 0.15) is 12.0 Å². The summed E-state index contributed by atoms with van der Waals surface area (Å²) in [6.45, 7) is 1.39. The fourth-order valence-corrected chi connectivity index (χ4v) is 3.33. The molecule has 2 saturated heterocycles. The number of nitrogens with one attached hydrogen (secondary N) is 2. The monoisotopic (exact) mass is 354 g/mol. The molecular formula is C15H19FN4O3S. The Labute approximate surface area is 142 Å². The van der Waals surface area contributed by atoms with Crippen molar-refractivity contribution in [3.05, 3.63) is 23.5 Å². The van der Waals surface area contributed by atoms with E-state index in [4.69, 9.17) is 0 Å². The maximum absolute atomic E-state index is 14.6. The standard InChI is InChI=1S/C14H14FN3O3S.CH5N/c15-13-10(2-1-9-5-6-16-7-9)3-4-11(19)14(13)18-8-12(20)17-22(18)21;1-2/h3-4,9,16,19H,5-8H2,(H,17,20);2H2,1H3. The number of phenolic OH excluding ortho intramolecular Hbond substituents is 1. The second-order valence-corrected chi connectivity index (χ2v) is 6.21. The molecule has 3 rings (SSSR count). The number of hydrogen-bond donors (Lipinski definition) is 4. The van der Waals surface area contributed by atoms with E-state index < -0.39 is 22.9 Å². The van der Waals surface area contributed by atoms with Gasteiger partial charge in [0.15, 0.2) is 5.82 Å². The third-order valence-electron chi connectivity index (χ3n) is 3.50. The molecule has 2 heterocycles. The molecule has 0 bridgehead atoms. The number of halogens is 1. The molecule has 2 unspecified atom stereocenters. The number of anilines is 1. The number of amides is 1. The first kappa shape index (κ1) is 18.2. The smallest absolute Gasteiger partial charge is 0.253 e. The number of hydrogen-bond acceptors (Lipinski definition) is 5. The fraction of sp³-hybridized carbons (Fsp3) is 0.400. The van der Waals surface area contributed by atoms with Gasteiger partial charge in [-0.05, 0) is 32.1 Å². The second-order valence-electron chi connectivity index (χ2n) is 5.06. The highest BCUT2D eigenvalue weighted by molar-refractivity contribution is 7.85. The molecule has 2 atom stereocenters. The molecule has 5 N–H and O–H groups in total. The molecular weight excluding hydrogens is 335 g/mol. The van der Waals surface area contributed by atoms with Crippen LogP contribution in [0.4, 0.5) is 10.1 Å². The van der Waals surface area contributed by atoms with Crippen molar-refractivity contribution in [3.8, 4) is 17.6 Å². The van der Waals surface area contributed by atoms with Gasteiger partial charge in [0.1, 0.15) is 18.0 Å². The molecule has 7 nitrogen and oxygen atoms in total. The lowest BCUT2D eigenvalue weighted by Crippen LogP contribution is -2.23. The zero-order valence-corrected chi connectivity index (χ0v) is 14.0. The minimum absolute atomic E-state index is 0.107. The molecule has 24 heavy (non-hydrogen) atoms. The Morgan fingerprint density at radius 2 is 2.21 bits per heavy atom. The summed E-state index contributed by atoms with van der Waals surface area (Å²) in [5, 5.41) is 13.0. The minimum Gasteiger partial charge on any atom is -0.506 e. The van der Waals surface area contributed by atoms with E-state index in [2.05, 4.69) is 27.6 Å². The summed E-state index contributed by atoms with van der Waals surface area (Å²) in [7, 11) is 1.50. The van der Waals surface area contributed by atoms with Crippen LogP contribution in [0, 0.1) is 23.6 Å². The Balaban J connectivity index is 0.00000100. The Kier molecular flexibility index (Phi) is 6.14. The first-order valence-electron chi connectivity index (χ1n) is 7.36. The molecule has 130 valence electrons. The van der Waals surface area contributed by atoms with Crippen LogP contribution in [-0.4, -0.2) is 41.9 Å². The van der Waals surface area contributed by atoms with Crippen molar-refractivity contribution in [3.63, 3.8) is 0 Å². The Bertz CT molecular complexity index is 711. The van der Waals surface area contributed by atoms with Crippen LogP contribution in [0.25, 0.3) is 0 Å². The van der Waals surface area contributed by atoms with E-state index in [1.807, 2.05) is 0 Å². The highest BCUT2D eigenvalue weighted by atomic mass is 32.2. The third-order valence-corrected chi connectivity index (χ3v) is 4.62. The van der Waals surface area contributed by atoms with Gasteiger partial charge < -0.3 is 16.2 Å². The van der Waals surface area contributed by atoms with Crippen molar-refractivity contribution in [2.45, 2.75) is 6.42 Å². The number of benzene rings is 1. The van der Waals surface area contributed by atoms with Crippen LogP contribution in [0.5, 0.6) is 5.75 Å². The van der Waals surface area contributed by atoms with Crippen molar-refractivity contribution in [1.29, 1.82) is 0 Å². The largest absolute Gasteiger partial charge is 0.506 e. The van der Waals surface area contributed by atoms with Gasteiger partial charge in [0.05, 0.1) is 5.56 Å². The minimum atomic E-state index is -1.90. The summed E-state index contributed by atoms with van der Waals surface area (Å²) in [5.74, 6) is 4.27. The second kappa shape index (κ2) is 8.10. The first-order valence-corrected chi connectivity index (χ1v) is 8.47. The van der Waals surface area contributed by atoms with Crippen molar-refractivity contribution in [2.24, 2.45) is 11.7 Å². The normalized spacial score (nSPS) is 22.3. The molecule has 0 radical (unpaired) electrons. The molecule has 2 fully saturated rings. The average Bonchev–Trinajstić information content (AvgIpc) is 3.19. The highest BCUT2D eigenvalue weighted by Gasteiger charge is 2.31. The zero-order chi connectivity index (χ0) is 17.7. The number of phenols is 1. The van der Waals surface area contributed by atoms with E-state index in [9.17, 15) is 18.5 Å². The van der Waals surface area contributed by atoms with Gasteiger partial charge in [-0.3, -0.25) is 13.8 Å². The Hall–Kier alpha value is -2.15. The van der Waals surface area contributed by atoms with Crippen LogP contribution in [0.15, 0.2) is 12.1 Å². The number of nitrogens with two attached hydrogens (primary N) is 1. The molecule has 1 aromatic rings. The predicted octanol–water partition coefficient (Wildman–Crippen LogP) is -0.418. The van der Waals surface area contributed by atoms with Gasteiger partial charge in [0, 0.05) is 12.5 Å². The van der Waals surface area contributed by atoms with Crippen molar-refractivity contribution in [2.75, 3.05) is 31.0 Å². The number of rotatable bonds is 1. The molecule has 0 aliphatic carbocycles. The van der Waals surface area contributed by atoms with Crippen LogP contribution in [-0.2, 0) is 16.0 Å². The van der Waals surface area contributed by atoms with Crippen LogP contribution < -0.4 is 20.1 Å². The molecule has 2 aliphatic rings. The number of carbonyl (C=O) groups excluding carboxylic acids is 1. The summed E-state index contributed by atoms with van der Waals surface area (Å²) in [4.78, 5) is 11.3. The van der Waals surface area contributed by atoms with Gasteiger partial charge >= 0.3 is 0 Å². The summed E-state index contributed by atoms with van der Waals surface area (Å²) in [5.41, 5.74) is 4.34. The maximum atomic E-state index is 14.6. The quantitative estimate of drug-likeness (QED) is 0.513. The zero-order valence-electron chi connectivity index (χ0n) is 13.1. The lowest BCUT2D eigenvalue weighted by Gasteiger charge is -2.16. The first-order chi connectivity index (χ1) is 11.6. The summed E-state index contributed by atoms with van der Waals surface area (Å²) >= 11 is -1.90. The fourth-order valence-electron chi connectivity index (χ4n) is 2.38. The molecule has 9 heteroatoms. The van der Waals surface area contributed by atoms with Gasteiger partial charge in [0.25, 0.3) is 5.91 Å². The average molecular weight is 354 g/mol. The van der Waals surface area contributed by atoms with Crippen LogP contribution >= 0.6 is 0 Å². The van der Waals surface area contributed by atoms with Gasteiger partial charge in [-0.15, -0.1) is 0 Å². The van der Waals surface area contributed by atoms with Crippen molar-refractivity contribution >= 4 is 22.8 Å². The summed E-state index contributed by atoms with van der Waals surface area (Å²) < 4.78 is 29.5. The van der Waals surface area contributed by atoms with E-state index >= 15 is 0 Å². The molecule has 2 aliphatic heterocycles. The summed E-state index contributed by atoms with van der Waals surface area (Å²) in [6, 6.07) is 2.66. The number of nitrogens with zero attached hydrogens (tertiary/aromatic N) is 1. The lowest BCUT2D eigenvalue weighted by atomic mass is 10.1. The SMILES string of the molecule is CN.O=C1CN(c2c(O)ccc(C#CC3CCNC3)c2F)S(=O)N1. The maximum Gasteiger partial charge on any atom is 0.253 e. The molecule has 0 spiro atoms. The van der Waals surface area contributed by atoms with Crippen LogP contribution in [0.2, 0.25) is 0 Å². The third kappa shape index (κ3) is 3.84. The molecule has 0 aromatic heterocycles.